The van der Waals surface area contributed by atoms with Crippen LogP contribution in [0.5, 0.6) is 0 Å². The van der Waals surface area contributed by atoms with E-state index in [1.807, 2.05) is 13.8 Å². The van der Waals surface area contributed by atoms with Gasteiger partial charge in [-0.1, -0.05) is 13.8 Å². The zero-order valence-electron chi connectivity index (χ0n) is 9.90. The molecule has 4 nitrogen and oxygen atoms in total. The van der Waals surface area contributed by atoms with Crippen LogP contribution in [0.15, 0.2) is 0 Å². The summed E-state index contributed by atoms with van der Waals surface area (Å²) in [6, 6.07) is 0. The minimum atomic E-state index is -1.95. The highest BCUT2D eigenvalue weighted by molar-refractivity contribution is 5.85. The van der Waals surface area contributed by atoms with Crippen molar-refractivity contribution in [2.24, 2.45) is 11.8 Å². The molecule has 1 heterocycles. The lowest BCUT2D eigenvalue weighted by Crippen LogP contribution is -2.40. The Balaban J connectivity index is 2.61. The van der Waals surface area contributed by atoms with Gasteiger partial charge in [0.15, 0.2) is 0 Å². The second-order valence-electron chi connectivity index (χ2n) is 4.34. The summed E-state index contributed by atoms with van der Waals surface area (Å²) in [5, 5.41) is 0. The molecule has 1 amide bonds. The molecule has 1 rings (SSSR count). The Hall–Kier alpha value is -1.13. The van der Waals surface area contributed by atoms with Gasteiger partial charge >= 0.3 is 5.97 Å². The van der Waals surface area contributed by atoms with E-state index in [9.17, 15) is 14.0 Å². The highest BCUT2D eigenvalue weighted by atomic mass is 19.1. The van der Waals surface area contributed by atoms with Crippen LogP contribution < -0.4 is 0 Å². The smallest absolute Gasteiger partial charge is 0.362 e. The first-order chi connectivity index (χ1) is 7.47. The SMILES string of the molecule is CCOC(=O)C(F)N1CC(C(C)C)CC1=O. The Morgan fingerprint density at radius 2 is 2.25 bits per heavy atom. The average Bonchev–Trinajstić information content (AvgIpc) is 2.60. The van der Waals surface area contributed by atoms with Gasteiger partial charge in [-0.15, -0.1) is 0 Å². The van der Waals surface area contributed by atoms with Gasteiger partial charge in [0.1, 0.15) is 0 Å². The molecule has 0 aromatic heterocycles. The summed E-state index contributed by atoms with van der Waals surface area (Å²) in [7, 11) is 0. The Bertz CT molecular complexity index is 280. The molecule has 1 saturated heterocycles. The highest BCUT2D eigenvalue weighted by Crippen LogP contribution is 2.26. The molecule has 0 aliphatic carbocycles. The van der Waals surface area contributed by atoms with Gasteiger partial charge < -0.3 is 9.64 Å². The molecular weight excluding hydrogens is 213 g/mol. The molecule has 0 N–H and O–H groups in total. The quantitative estimate of drug-likeness (QED) is 0.542. The number of hydrogen-bond acceptors (Lipinski definition) is 3. The van der Waals surface area contributed by atoms with Crippen LogP contribution >= 0.6 is 0 Å². The van der Waals surface area contributed by atoms with E-state index >= 15 is 0 Å². The van der Waals surface area contributed by atoms with E-state index in [-0.39, 0.29) is 18.4 Å². The van der Waals surface area contributed by atoms with Crippen LogP contribution in [0.1, 0.15) is 27.2 Å². The fraction of sp³-hybridized carbons (Fsp3) is 0.818. The molecule has 2 unspecified atom stereocenters. The molecule has 1 fully saturated rings. The van der Waals surface area contributed by atoms with Gasteiger partial charge in [-0.2, -0.15) is 0 Å². The number of hydrogen-bond donors (Lipinski definition) is 0. The van der Waals surface area contributed by atoms with Crippen molar-refractivity contribution in [2.75, 3.05) is 13.2 Å². The van der Waals surface area contributed by atoms with Crippen molar-refractivity contribution in [1.29, 1.82) is 0 Å². The standard InChI is InChI=1S/C11H18FNO3/c1-4-16-11(15)10(12)13-6-8(7(2)3)5-9(13)14/h7-8,10H,4-6H2,1-3H3. The third-order valence-electron chi connectivity index (χ3n) is 2.89. The van der Waals surface area contributed by atoms with Crippen molar-refractivity contribution >= 4 is 11.9 Å². The number of amides is 1. The van der Waals surface area contributed by atoms with E-state index in [2.05, 4.69) is 4.74 Å². The van der Waals surface area contributed by atoms with Gasteiger partial charge in [0, 0.05) is 13.0 Å². The maximum atomic E-state index is 13.6. The maximum Gasteiger partial charge on any atom is 0.362 e. The zero-order chi connectivity index (χ0) is 12.3. The fourth-order valence-electron chi connectivity index (χ4n) is 1.76. The predicted molar refractivity (Wildman–Crippen MR) is 56.2 cm³/mol. The van der Waals surface area contributed by atoms with Crippen LogP contribution in [-0.2, 0) is 14.3 Å². The summed E-state index contributed by atoms with van der Waals surface area (Å²) in [6.07, 6.45) is -1.63. The predicted octanol–water partition coefficient (Wildman–Crippen LogP) is 1.35. The van der Waals surface area contributed by atoms with Crippen LogP contribution in [0.4, 0.5) is 4.39 Å². The molecule has 0 bridgehead atoms. The average molecular weight is 231 g/mol. The van der Waals surface area contributed by atoms with Crippen molar-refractivity contribution in [1.82, 2.24) is 4.90 Å². The molecule has 92 valence electrons. The third kappa shape index (κ3) is 2.71. The van der Waals surface area contributed by atoms with E-state index in [4.69, 9.17) is 0 Å². The van der Waals surface area contributed by atoms with Gasteiger partial charge in [-0.3, -0.25) is 4.79 Å². The normalized spacial score (nSPS) is 22.7. The van der Waals surface area contributed by atoms with Crippen LogP contribution in [0.3, 0.4) is 0 Å². The van der Waals surface area contributed by atoms with Crippen LogP contribution in [-0.4, -0.2) is 36.2 Å². The van der Waals surface area contributed by atoms with Crippen molar-refractivity contribution < 1.29 is 18.7 Å². The van der Waals surface area contributed by atoms with Gasteiger partial charge in [-0.25, -0.2) is 9.18 Å². The summed E-state index contributed by atoms with van der Waals surface area (Å²) in [5.41, 5.74) is 0. The van der Waals surface area contributed by atoms with E-state index in [0.717, 1.165) is 4.90 Å². The Morgan fingerprint density at radius 1 is 1.62 bits per heavy atom. The first kappa shape index (κ1) is 12.9. The topological polar surface area (TPSA) is 46.6 Å². The van der Waals surface area contributed by atoms with Gasteiger partial charge in [-0.05, 0) is 18.8 Å². The van der Waals surface area contributed by atoms with Crippen molar-refractivity contribution in [3.05, 3.63) is 0 Å². The van der Waals surface area contributed by atoms with Gasteiger partial charge in [0.2, 0.25) is 5.91 Å². The van der Waals surface area contributed by atoms with Crippen LogP contribution in [0.2, 0.25) is 0 Å². The molecule has 1 aliphatic rings. The number of esters is 1. The number of nitrogens with zero attached hydrogens (tertiary/aromatic N) is 1. The van der Waals surface area contributed by atoms with Gasteiger partial charge in [0.05, 0.1) is 6.61 Å². The molecule has 1 aliphatic heterocycles. The second kappa shape index (κ2) is 5.27. The van der Waals surface area contributed by atoms with Crippen molar-refractivity contribution in [3.63, 3.8) is 0 Å². The zero-order valence-corrected chi connectivity index (χ0v) is 9.90. The fourth-order valence-corrected chi connectivity index (χ4v) is 1.76. The van der Waals surface area contributed by atoms with E-state index in [0.29, 0.717) is 18.9 Å². The van der Waals surface area contributed by atoms with Crippen molar-refractivity contribution in [2.45, 2.75) is 33.5 Å². The largest absolute Gasteiger partial charge is 0.462 e. The molecular formula is C11H18FNO3. The molecule has 0 spiro atoms. The lowest BCUT2D eigenvalue weighted by Gasteiger charge is -2.20. The maximum absolute atomic E-state index is 13.6. The van der Waals surface area contributed by atoms with E-state index in [1.165, 1.54) is 0 Å². The number of alkyl halides is 1. The lowest BCUT2D eigenvalue weighted by atomic mass is 9.95. The first-order valence-corrected chi connectivity index (χ1v) is 5.57. The summed E-state index contributed by atoms with van der Waals surface area (Å²) in [4.78, 5) is 23.7. The third-order valence-corrected chi connectivity index (χ3v) is 2.89. The summed E-state index contributed by atoms with van der Waals surface area (Å²) >= 11 is 0. The Kier molecular flexibility index (Phi) is 4.26. The minimum absolute atomic E-state index is 0.120. The van der Waals surface area contributed by atoms with E-state index < -0.39 is 12.3 Å². The molecule has 5 heteroatoms. The van der Waals surface area contributed by atoms with Crippen LogP contribution in [0.25, 0.3) is 0 Å². The van der Waals surface area contributed by atoms with Gasteiger partial charge in [0.25, 0.3) is 6.30 Å². The Morgan fingerprint density at radius 3 is 2.69 bits per heavy atom. The number of likely N-dealkylation sites (tertiary alicyclic amines) is 1. The molecule has 0 radical (unpaired) electrons. The summed E-state index contributed by atoms with van der Waals surface area (Å²) < 4.78 is 18.2. The monoisotopic (exact) mass is 231 g/mol. The number of carbonyl (C=O) groups excluding carboxylic acids is 2. The van der Waals surface area contributed by atoms with Crippen molar-refractivity contribution in [3.8, 4) is 0 Å². The molecule has 0 aromatic carbocycles. The lowest BCUT2D eigenvalue weighted by molar-refractivity contribution is -0.160. The summed E-state index contributed by atoms with van der Waals surface area (Å²) in [6.45, 7) is 6.00. The Labute approximate surface area is 94.7 Å². The second-order valence-corrected chi connectivity index (χ2v) is 4.34. The number of halogens is 1. The minimum Gasteiger partial charge on any atom is -0.462 e. The summed E-state index contributed by atoms with van der Waals surface area (Å²) in [5.74, 6) is -0.844. The van der Waals surface area contributed by atoms with E-state index in [1.54, 1.807) is 6.92 Å². The number of carbonyl (C=O) groups is 2. The highest BCUT2D eigenvalue weighted by Gasteiger charge is 2.39. The number of ether oxygens (including phenoxy) is 1. The molecule has 2 atom stereocenters. The number of rotatable bonds is 4. The molecule has 0 saturated carbocycles. The molecule has 16 heavy (non-hydrogen) atoms. The first-order valence-electron chi connectivity index (χ1n) is 5.57. The molecule has 0 aromatic rings. The van der Waals surface area contributed by atoms with Crippen LogP contribution in [0, 0.1) is 11.8 Å².